The second-order valence-electron chi connectivity index (χ2n) is 7.16. The Labute approximate surface area is 144 Å². The average molecular weight is 306 g/mol. The molecule has 0 aliphatic heterocycles. The lowest BCUT2D eigenvalue weighted by Crippen LogP contribution is -2.52. The monoisotopic (exact) mass is 306 g/mol. The van der Waals surface area contributed by atoms with E-state index in [1.54, 1.807) is 6.92 Å². The maximum Gasteiger partial charge on any atom is 0.155 e. The van der Waals surface area contributed by atoms with Crippen LogP contribution in [-0.4, -0.2) is 16.5 Å². The highest BCUT2D eigenvalue weighted by Gasteiger charge is 2.61. The molecular formula is C20H26O2. The summed E-state index contributed by atoms with van der Waals surface area (Å²) in [5.41, 5.74) is -3.27. The number of ketones is 1. The molecule has 2 nitrogen and oxygen atoms in total. The van der Waals surface area contributed by atoms with Crippen LogP contribution < -0.4 is 0 Å². The molecule has 0 amide bonds. The Morgan fingerprint density at radius 1 is 1.41 bits per heavy atom. The van der Waals surface area contributed by atoms with Gasteiger partial charge in [0.15, 0.2) is 5.78 Å². The number of hydrogen-bond donors (Lipinski definition) is 1. The van der Waals surface area contributed by atoms with E-state index in [1.165, 1.54) is 0 Å². The fourth-order valence-electron chi connectivity index (χ4n) is 5.02. The summed E-state index contributed by atoms with van der Waals surface area (Å²) in [7, 11) is 0. The summed E-state index contributed by atoms with van der Waals surface area (Å²) in [6, 6.07) is -0.736. The van der Waals surface area contributed by atoms with Crippen LogP contribution in [-0.2, 0) is 4.79 Å². The maximum absolute atomic E-state index is 12.4. The van der Waals surface area contributed by atoms with E-state index in [-0.39, 0.29) is 18.4 Å². The van der Waals surface area contributed by atoms with E-state index < -0.39 is 72.0 Å². The van der Waals surface area contributed by atoms with Crippen LogP contribution in [0, 0.1) is 41.4 Å². The Morgan fingerprint density at radius 2 is 2.23 bits per heavy atom. The first-order valence-corrected chi connectivity index (χ1v) is 7.95. The highest BCUT2D eigenvalue weighted by molar-refractivity contribution is 5.91. The summed E-state index contributed by atoms with van der Waals surface area (Å²) >= 11 is 0. The van der Waals surface area contributed by atoms with Crippen LogP contribution in [0.1, 0.15) is 69.1 Å². The van der Waals surface area contributed by atoms with Gasteiger partial charge in [0.2, 0.25) is 0 Å². The van der Waals surface area contributed by atoms with E-state index in [9.17, 15) is 11.3 Å². The fraction of sp³-hybridized carbons (Fsp3) is 0.750. The molecule has 3 saturated carbocycles. The van der Waals surface area contributed by atoms with Gasteiger partial charge in [-0.05, 0) is 74.5 Å². The van der Waals surface area contributed by atoms with Gasteiger partial charge in [0.25, 0.3) is 0 Å². The Bertz CT molecular complexity index is 905. The van der Waals surface area contributed by atoms with Gasteiger partial charge in [0, 0.05) is 21.4 Å². The minimum absolute atomic E-state index is 0.0733. The highest BCUT2D eigenvalue weighted by Crippen LogP contribution is 2.64. The zero-order chi connectivity index (χ0) is 22.7. The maximum atomic E-state index is 12.4. The summed E-state index contributed by atoms with van der Waals surface area (Å²) < 4.78 is 67.6. The largest absolute Gasteiger partial charge is 0.377 e. The minimum Gasteiger partial charge on any atom is -0.377 e. The van der Waals surface area contributed by atoms with Gasteiger partial charge in [-0.2, -0.15) is 0 Å². The molecule has 0 saturated heterocycles. The molecule has 22 heavy (non-hydrogen) atoms. The summed E-state index contributed by atoms with van der Waals surface area (Å²) in [5, 5.41) is 11.2. The van der Waals surface area contributed by atoms with E-state index >= 15 is 0 Å². The van der Waals surface area contributed by atoms with Crippen molar-refractivity contribution in [3.63, 3.8) is 0 Å². The van der Waals surface area contributed by atoms with Crippen LogP contribution in [0.15, 0.2) is 11.6 Å². The van der Waals surface area contributed by atoms with Crippen LogP contribution in [0.3, 0.4) is 0 Å². The zero-order valence-electron chi connectivity index (χ0n) is 20.7. The first-order chi connectivity index (χ1) is 13.5. The molecular weight excluding hydrogens is 272 g/mol. The van der Waals surface area contributed by atoms with Gasteiger partial charge in [-0.25, -0.2) is 0 Å². The number of fused-ring (bicyclic) bond motifs is 5. The normalized spacial score (nSPS) is 66.4. The van der Waals surface area contributed by atoms with Gasteiger partial charge in [-0.1, -0.05) is 18.4 Å². The quantitative estimate of drug-likeness (QED) is 0.696. The smallest absolute Gasteiger partial charge is 0.155 e. The Morgan fingerprint density at radius 3 is 3.00 bits per heavy atom. The van der Waals surface area contributed by atoms with E-state index in [1.807, 2.05) is 0 Å². The molecule has 4 aliphatic carbocycles. The second-order valence-corrected chi connectivity index (χ2v) is 7.16. The van der Waals surface area contributed by atoms with E-state index in [4.69, 9.17) is 16.0 Å². The molecule has 4 rings (SSSR count). The molecule has 118 valence electrons. The minimum atomic E-state index is -2.43. The third kappa shape index (κ3) is 1.75. The molecule has 0 aromatic rings. The van der Waals surface area contributed by atoms with Crippen molar-refractivity contribution in [2.24, 2.45) is 29.1 Å². The molecule has 3 fully saturated rings. The van der Waals surface area contributed by atoms with Crippen LogP contribution in [0.2, 0.25) is 0 Å². The molecule has 1 N–H and O–H groups in total. The predicted octanol–water partition coefficient (Wildman–Crippen LogP) is 3.49. The molecule has 4 aliphatic rings. The van der Waals surface area contributed by atoms with Crippen molar-refractivity contribution in [3.8, 4) is 12.3 Å². The van der Waals surface area contributed by atoms with Crippen LogP contribution in [0.5, 0.6) is 0 Å². The molecule has 0 unspecified atom stereocenters. The van der Waals surface area contributed by atoms with Gasteiger partial charge >= 0.3 is 0 Å². The first-order valence-electron chi connectivity index (χ1n) is 12.0. The third-order valence-corrected chi connectivity index (χ3v) is 6.40. The van der Waals surface area contributed by atoms with E-state index in [0.29, 0.717) is 12.8 Å². The van der Waals surface area contributed by atoms with Gasteiger partial charge in [0.05, 0.1) is 1.37 Å². The summed E-state index contributed by atoms with van der Waals surface area (Å²) in [6.45, 7) is 1.73. The van der Waals surface area contributed by atoms with Crippen molar-refractivity contribution in [3.05, 3.63) is 11.6 Å². The highest BCUT2D eigenvalue weighted by atomic mass is 16.3. The Hall–Kier alpha value is -1.07. The zero-order valence-corrected chi connectivity index (χ0v) is 12.7. The summed E-state index contributed by atoms with van der Waals surface area (Å²) in [4.78, 5) is 12.4. The first kappa shape index (κ1) is 8.15. The summed E-state index contributed by atoms with van der Waals surface area (Å²) in [6.07, 6.45) is -1.17. The standard InChI is InChI=1S/C20H26O2/c1-3-20(22)11-9-18-17-6-4-13-12-14(21)5-7-15(13)16(17)8-10-19(18,20)2/h1,12,15-18,22H,4-11H2,2H3/t15-,16+,17+,18-,19-,20-/m0/s1/i4D2,5D2,11D2,12D,15D. The molecule has 0 bridgehead atoms. The van der Waals surface area contributed by atoms with Gasteiger partial charge in [0.1, 0.15) is 5.60 Å². The number of carbonyl (C=O) groups excluding carboxylic acids is 1. The van der Waals surface area contributed by atoms with Crippen molar-refractivity contribution in [1.29, 1.82) is 0 Å². The van der Waals surface area contributed by atoms with Crippen molar-refractivity contribution >= 4 is 5.78 Å². The molecule has 2 heteroatoms. The number of terminal acetylenes is 1. The number of aliphatic hydroxyl groups is 1. The number of carbonyl (C=O) groups is 1. The second kappa shape index (κ2) is 4.71. The molecule has 0 heterocycles. The van der Waals surface area contributed by atoms with Crippen LogP contribution in [0.25, 0.3) is 0 Å². The van der Waals surface area contributed by atoms with Crippen LogP contribution in [0.4, 0.5) is 0 Å². The van der Waals surface area contributed by atoms with Crippen molar-refractivity contribution < 1.29 is 20.9 Å². The molecule has 6 atom stereocenters. The lowest BCUT2D eigenvalue weighted by Gasteiger charge is -2.54. The van der Waals surface area contributed by atoms with Crippen LogP contribution >= 0.6 is 0 Å². The lowest BCUT2D eigenvalue weighted by molar-refractivity contribution is -0.116. The number of allylic oxidation sites excluding steroid dienone is 1. The average Bonchev–Trinajstić information content (AvgIpc) is 2.76. The van der Waals surface area contributed by atoms with Gasteiger partial charge in [-0.15, -0.1) is 6.42 Å². The molecule has 0 aromatic carbocycles. The van der Waals surface area contributed by atoms with Gasteiger partial charge < -0.3 is 5.11 Å². The van der Waals surface area contributed by atoms with Crippen molar-refractivity contribution in [2.75, 3.05) is 0 Å². The van der Waals surface area contributed by atoms with E-state index in [2.05, 4.69) is 5.92 Å². The van der Waals surface area contributed by atoms with Gasteiger partial charge in [-0.3, -0.25) is 4.79 Å². The van der Waals surface area contributed by atoms with Crippen molar-refractivity contribution in [1.82, 2.24) is 0 Å². The van der Waals surface area contributed by atoms with E-state index in [0.717, 1.165) is 0 Å². The number of hydrogen-bond acceptors (Lipinski definition) is 2. The Kier molecular flexibility index (Phi) is 1.75. The SMILES string of the molecule is [2H]C1=C2C([2H])([2H])C[C@@H]3[C@H](CC[C@@]4(C)[C@H]3CC([2H])([2H])[C@@]4(O)C#C)[C@@]2([2H])CC([2H])([2H])C1=O. The molecule has 0 aromatic heterocycles. The Balaban J connectivity index is 1.88. The molecule has 0 spiro atoms. The molecule has 0 radical (unpaired) electrons. The third-order valence-electron chi connectivity index (χ3n) is 6.40. The topological polar surface area (TPSA) is 37.3 Å². The predicted molar refractivity (Wildman–Crippen MR) is 85.9 cm³/mol. The summed E-state index contributed by atoms with van der Waals surface area (Å²) in [5.74, 6) is -2.14. The lowest BCUT2D eigenvalue weighted by atomic mass is 9.50. The number of rotatable bonds is 0. The van der Waals surface area contributed by atoms with Crippen molar-refractivity contribution in [2.45, 2.75) is 63.7 Å². The fourth-order valence-corrected chi connectivity index (χ4v) is 5.02.